The summed E-state index contributed by atoms with van der Waals surface area (Å²) in [4.78, 5) is 65.1. The Labute approximate surface area is 312 Å². The van der Waals surface area contributed by atoms with Crippen molar-refractivity contribution in [3.63, 3.8) is 0 Å². The number of alkyl carbamates (subject to hydrolysis) is 1. The minimum atomic E-state index is -1.31. The van der Waals surface area contributed by atoms with E-state index in [1.807, 2.05) is 54.6 Å². The molecule has 0 spiro atoms. The zero-order chi connectivity index (χ0) is 39.3. The normalized spacial score (nSPS) is 14.2. The van der Waals surface area contributed by atoms with E-state index in [0.717, 1.165) is 16.7 Å². The maximum Gasteiger partial charge on any atom is 0.408 e. The van der Waals surface area contributed by atoms with Gasteiger partial charge in [-0.15, -0.1) is 11.8 Å². The number of ether oxygens (including phenoxy) is 4. The lowest BCUT2D eigenvalue weighted by atomic mass is 9.95. The van der Waals surface area contributed by atoms with Crippen LogP contribution < -0.4 is 21.3 Å². The van der Waals surface area contributed by atoms with Crippen molar-refractivity contribution in [1.82, 2.24) is 21.3 Å². The standard InChI is InChI=1S/C38H56N4O9S/c1-24(50-37(6,7)8)31(33(45)40-29(34(46)48-11)21-49-36(3,4)5)42-32(44)30(22-52-23-39-25(2)43)41-35(47)51-38(9,10)28-19-17-27(18-20-28)26-15-13-12-14-16-26/h12-20,24,29-31H,21-23H2,1-11H3,(H,39,43)(H,40,45)(H,41,47)(H,42,44)/t24-,29+,30-,31+/m1/s1. The van der Waals surface area contributed by atoms with Crippen LogP contribution in [-0.2, 0) is 43.7 Å². The molecule has 0 aromatic heterocycles. The minimum Gasteiger partial charge on any atom is -0.467 e. The van der Waals surface area contributed by atoms with Crippen molar-refractivity contribution in [1.29, 1.82) is 0 Å². The Morgan fingerprint density at radius 2 is 1.35 bits per heavy atom. The van der Waals surface area contributed by atoms with Crippen LogP contribution in [-0.4, -0.2) is 90.6 Å². The van der Waals surface area contributed by atoms with Crippen LogP contribution >= 0.6 is 11.8 Å². The molecule has 0 saturated carbocycles. The summed E-state index contributed by atoms with van der Waals surface area (Å²) < 4.78 is 22.5. The number of amides is 4. The first kappa shape index (κ1) is 44.0. The predicted molar refractivity (Wildman–Crippen MR) is 201 cm³/mol. The Morgan fingerprint density at radius 3 is 1.88 bits per heavy atom. The van der Waals surface area contributed by atoms with E-state index < -0.39 is 64.9 Å². The number of benzene rings is 2. The van der Waals surface area contributed by atoms with E-state index in [1.54, 1.807) is 62.3 Å². The highest BCUT2D eigenvalue weighted by Crippen LogP contribution is 2.28. The summed E-state index contributed by atoms with van der Waals surface area (Å²) in [6, 6.07) is 13.8. The Hall–Kier alpha value is -4.14. The highest BCUT2D eigenvalue weighted by Gasteiger charge is 2.36. The van der Waals surface area contributed by atoms with Crippen LogP contribution in [0.1, 0.15) is 74.8 Å². The van der Waals surface area contributed by atoms with Crippen LogP contribution in [0.5, 0.6) is 0 Å². The largest absolute Gasteiger partial charge is 0.467 e. The summed E-state index contributed by atoms with van der Waals surface area (Å²) in [5.74, 6) is -2.27. The molecule has 0 saturated heterocycles. The molecule has 0 aliphatic rings. The molecule has 13 nitrogen and oxygen atoms in total. The third-order valence-corrected chi connectivity index (χ3v) is 8.34. The molecule has 4 atom stereocenters. The number of methoxy groups -OCH3 is 1. The number of rotatable bonds is 17. The second-order valence-electron chi connectivity index (χ2n) is 14.7. The molecule has 0 fully saturated rings. The summed E-state index contributed by atoms with van der Waals surface area (Å²) in [7, 11) is 1.19. The van der Waals surface area contributed by atoms with Crippen LogP contribution in [0.3, 0.4) is 0 Å². The first-order chi connectivity index (χ1) is 24.1. The van der Waals surface area contributed by atoms with E-state index in [-0.39, 0.29) is 24.1 Å². The molecule has 0 bridgehead atoms. The zero-order valence-corrected chi connectivity index (χ0v) is 33.0. The maximum absolute atomic E-state index is 13.9. The molecule has 14 heteroatoms. The fourth-order valence-corrected chi connectivity index (χ4v) is 5.74. The molecule has 4 amide bonds. The van der Waals surface area contributed by atoms with Gasteiger partial charge in [0.05, 0.1) is 36.9 Å². The summed E-state index contributed by atoms with van der Waals surface area (Å²) in [6.07, 6.45) is -1.76. The van der Waals surface area contributed by atoms with Crippen molar-refractivity contribution in [3.05, 3.63) is 60.2 Å². The number of nitrogens with one attached hydrogen (secondary N) is 4. The Morgan fingerprint density at radius 1 is 0.750 bits per heavy atom. The number of hydrogen-bond donors (Lipinski definition) is 4. The van der Waals surface area contributed by atoms with E-state index in [4.69, 9.17) is 18.9 Å². The van der Waals surface area contributed by atoms with Crippen molar-refractivity contribution in [2.45, 2.75) is 110 Å². The third kappa shape index (κ3) is 15.6. The molecule has 288 valence electrons. The second kappa shape index (κ2) is 19.6. The van der Waals surface area contributed by atoms with Gasteiger partial charge in [-0.1, -0.05) is 54.6 Å². The first-order valence-corrected chi connectivity index (χ1v) is 18.3. The third-order valence-electron chi connectivity index (χ3n) is 7.43. The molecule has 2 aromatic rings. The van der Waals surface area contributed by atoms with Gasteiger partial charge < -0.3 is 40.2 Å². The molecule has 2 rings (SSSR count). The van der Waals surface area contributed by atoms with Crippen molar-refractivity contribution in [2.24, 2.45) is 0 Å². The van der Waals surface area contributed by atoms with E-state index in [9.17, 15) is 24.0 Å². The molecule has 0 radical (unpaired) electrons. The minimum absolute atomic E-state index is 0.0144. The monoisotopic (exact) mass is 744 g/mol. The molecule has 4 N–H and O–H groups in total. The molecule has 0 heterocycles. The predicted octanol–water partition coefficient (Wildman–Crippen LogP) is 4.67. The Bertz CT molecular complexity index is 1490. The van der Waals surface area contributed by atoms with Gasteiger partial charge in [0.1, 0.15) is 17.7 Å². The van der Waals surface area contributed by atoms with Crippen LogP contribution in [0.25, 0.3) is 11.1 Å². The Balaban J connectivity index is 2.31. The molecular weight excluding hydrogens is 689 g/mol. The molecule has 52 heavy (non-hydrogen) atoms. The van der Waals surface area contributed by atoms with E-state index in [1.165, 1.54) is 25.8 Å². The van der Waals surface area contributed by atoms with Gasteiger partial charge in [0.15, 0.2) is 6.04 Å². The van der Waals surface area contributed by atoms with Gasteiger partial charge in [-0.25, -0.2) is 9.59 Å². The molecule has 0 aliphatic carbocycles. The van der Waals surface area contributed by atoms with E-state index >= 15 is 0 Å². The summed E-state index contributed by atoms with van der Waals surface area (Å²) in [5, 5.41) is 10.6. The van der Waals surface area contributed by atoms with Crippen molar-refractivity contribution >= 4 is 41.5 Å². The summed E-state index contributed by atoms with van der Waals surface area (Å²) >= 11 is 1.18. The number of esters is 1. The van der Waals surface area contributed by atoms with Gasteiger partial charge in [-0.05, 0) is 79.0 Å². The lowest BCUT2D eigenvalue weighted by Gasteiger charge is -2.33. The molecule has 0 unspecified atom stereocenters. The fourth-order valence-electron chi connectivity index (χ4n) is 4.85. The van der Waals surface area contributed by atoms with Crippen molar-refractivity contribution in [2.75, 3.05) is 25.3 Å². The smallest absolute Gasteiger partial charge is 0.408 e. The quantitative estimate of drug-likeness (QED) is 0.101. The summed E-state index contributed by atoms with van der Waals surface area (Å²) in [5.41, 5.74) is 0.365. The SMILES string of the molecule is COC(=O)[C@H](COC(C)(C)C)NC(=O)[C@@H](NC(=O)[C@@H](CSCNC(C)=O)NC(=O)OC(C)(C)c1ccc(-c2ccccc2)cc1)[C@@H](C)OC(C)(C)C. The average molecular weight is 745 g/mol. The lowest BCUT2D eigenvalue weighted by Crippen LogP contribution is -2.61. The molecule has 2 aromatic carbocycles. The van der Waals surface area contributed by atoms with Crippen molar-refractivity contribution in [3.8, 4) is 11.1 Å². The zero-order valence-electron chi connectivity index (χ0n) is 32.2. The van der Waals surface area contributed by atoms with Gasteiger partial charge in [0.2, 0.25) is 17.7 Å². The Kier molecular flexibility index (Phi) is 16.6. The van der Waals surface area contributed by atoms with E-state index in [0.29, 0.717) is 0 Å². The van der Waals surface area contributed by atoms with Crippen LogP contribution in [0, 0.1) is 0 Å². The van der Waals surface area contributed by atoms with Gasteiger partial charge in [0.25, 0.3) is 0 Å². The fraction of sp³-hybridized carbons (Fsp3) is 0.553. The van der Waals surface area contributed by atoms with Crippen LogP contribution in [0.4, 0.5) is 4.79 Å². The molecule has 0 aliphatic heterocycles. The van der Waals surface area contributed by atoms with Crippen LogP contribution in [0.15, 0.2) is 54.6 Å². The average Bonchev–Trinajstić information content (AvgIpc) is 3.05. The van der Waals surface area contributed by atoms with Gasteiger partial charge >= 0.3 is 12.1 Å². The lowest BCUT2D eigenvalue weighted by molar-refractivity contribution is -0.150. The highest BCUT2D eigenvalue weighted by molar-refractivity contribution is 7.99. The van der Waals surface area contributed by atoms with Crippen LogP contribution in [0.2, 0.25) is 0 Å². The highest BCUT2D eigenvalue weighted by atomic mass is 32.2. The number of carbonyl (C=O) groups excluding carboxylic acids is 5. The van der Waals surface area contributed by atoms with Crippen molar-refractivity contribution < 1.29 is 42.9 Å². The maximum atomic E-state index is 13.9. The second-order valence-corrected chi connectivity index (χ2v) is 15.7. The number of thioether (sulfide) groups is 1. The summed E-state index contributed by atoms with van der Waals surface area (Å²) in [6.45, 7) is 17.1. The first-order valence-electron chi connectivity index (χ1n) is 17.1. The van der Waals surface area contributed by atoms with Gasteiger partial charge in [-0.2, -0.15) is 0 Å². The van der Waals surface area contributed by atoms with Gasteiger partial charge in [0, 0.05) is 12.7 Å². The molecular formula is C38H56N4O9S. The topological polar surface area (TPSA) is 170 Å². The van der Waals surface area contributed by atoms with Gasteiger partial charge in [-0.3, -0.25) is 14.4 Å². The number of carbonyl (C=O) groups is 5. The number of hydrogen-bond acceptors (Lipinski definition) is 10. The van der Waals surface area contributed by atoms with E-state index in [2.05, 4.69) is 21.3 Å².